The van der Waals surface area contributed by atoms with E-state index < -0.39 is 0 Å². The fourth-order valence-corrected chi connectivity index (χ4v) is 15.2. The van der Waals surface area contributed by atoms with E-state index in [1.807, 2.05) is 42.5 Å². The van der Waals surface area contributed by atoms with Crippen LogP contribution in [0.15, 0.2) is 346 Å². The second-order valence-corrected chi connectivity index (χ2v) is 25.6. The topological polar surface area (TPSA) is 84.2 Å². The molecule has 0 bridgehead atoms. The summed E-state index contributed by atoms with van der Waals surface area (Å²) in [6, 6.07) is 123. The van der Waals surface area contributed by atoms with Gasteiger partial charge in [0.15, 0.2) is 11.6 Å². The van der Waals surface area contributed by atoms with Crippen molar-refractivity contribution in [1.82, 2.24) is 43.2 Å². The van der Waals surface area contributed by atoms with E-state index in [1.54, 1.807) is 0 Å². The van der Waals surface area contributed by atoms with Crippen LogP contribution < -0.4 is 0 Å². The van der Waals surface area contributed by atoms with E-state index in [2.05, 4.69) is 322 Å². The smallest absolute Gasteiger partial charge is 0.238 e. The lowest BCUT2D eigenvalue weighted by molar-refractivity contribution is 0.953. The Hall–Kier alpha value is -13.6. The van der Waals surface area contributed by atoms with Crippen molar-refractivity contribution in [3.8, 4) is 102 Å². The minimum Gasteiger partial charge on any atom is -0.309 e. The van der Waals surface area contributed by atoms with Gasteiger partial charge in [0.25, 0.3) is 0 Å². The van der Waals surface area contributed by atoms with Crippen molar-refractivity contribution in [2.24, 2.45) is 0 Å². The largest absolute Gasteiger partial charge is 0.309 e. The van der Waals surface area contributed by atoms with Crippen LogP contribution in [-0.2, 0) is 0 Å². The molecule has 20 rings (SSSR count). The molecule has 14 aromatic carbocycles. The molecular weight excluding hydrogens is 1220 g/mol. The van der Waals surface area contributed by atoms with Crippen molar-refractivity contribution in [3.05, 3.63) is 346 Å². The number of hydrogen-bond acceptors (Lipinski definition) is 5. The molecule has 0 aliphatic rings. The molecule has 0 aliphatic heterocycles. The maximum absolute atomic E-state index is 5.51. The number of rotatable bonds is 11. The Morgan fingerprint density at radius 1 is 0.160 bits per heavy atom. The molecule has 0 amide bonds. The van der Waals surface area contributed by atoms with Gasteiger partial charge in [0.1, 0.15) is 0 Å². The number of aromatic nitrogens is 9. The van der Waals surface area contributed by atoms with E-state index in [4.69, 9.17) is 24.9 Å². The lowest BCUT2D eigenvalue weighted by atomic mass is 9.98. The maximum Gasteiger partial charge on any atom is 0.238 e. The first-order chi connectivity index (χ1) is 49.6. The zero-order chi connectivity index (χ0) is 65.8. The van der Waals surface area contributed by atoms with Gasteiger partial charge >= 0.3 is 0 Å². The lowest BCUT2D eigenvalue weighted by Gasteiger charge is -2.12. The van der Waals surface area contributed by atoms with Gasteiger partial charge in [-0.25, -0.2) is 15.0 Å². The number of benzene rings is 14. The molecule has 100 heavy (non-hydrogen) atoms. The van der Waals surface area contributed by atoms with Crippen molar-refractivity contribution in [2.75, 3.05) is 0 Å². The number of para-hydroxylation sites is 5. The first kappa shape index (κ1) is 56.7. The van der Waals surface area contributed by atoms with Crippen LogP contribution in [0, 0.1) is 0 Å². The summed E-state index contributed by atoms with van der Waals surface area (Å²) in [6.45, 7) is 0. The van der Waals surface area contributed by atoms with E-state index in [1.165, 1.54) is 38.1 Å². The summed E-state index contributed by atoms with van der Waals surface area (Å²) in [5, 5.41) is 9.25. The molecule has 6 aromatic heterocycles. The molecule has 0 spiro atoms. The van der Waals surface area contributed by atoms with Gasteiger partial charge in [0, 0.05) is 76.7 Å². The molecule has 6 heterocycles. The first-order valence-electron chi connectivity index (χ1n) is 33.8. The number of fused-ring (bicyclic) bond motifs is 12. The Kier molecular flexibility index (Phi) is 13.1. The van der Waals surface area contributed by atoms with Crippen molar-refractivity contribution < 1.29 is 0 Å². The molecule has 9 nitrogen and oxygen atoms in total. The summed E-state index contributed by atoms with van der Waals surface area (Å²) in [5.74, 6) is 2.33. The standard InChI is InChI=1S/C91H57N9/c1-6-22-59(23-7-1)78-57-79(93-90(92-78)99-82-37-21-18-34-72(82)75-55-66(45-50-85(75)99)64-43-47-83-73(53-64)70-32-16-19-35-80(70)97(83)68-28-12-4-13-29-68)60-40-38-58(39-41-60)63-42-49-86-76(52-63)77-56-67(65-44-48-84-74(54-65)71-33-17-20-36-81(71)98(84)69-30-14-5-15-31-69)46-51-87(77)100(86)91-95-88(61-24-8-2-9-25-61)94-89(96-91)62-26-10-3-11-27-62/h1-57H. The Morgan fingerprint density at radius 3 is 0.810 bits per heavy atom. The van der Waals surface area contributed by atoms with Crippen LogP contribution in [0.2, 0.25) is 0 Å². The van der Waals surface area contributed by atoms with Crippen molar-refractivity contribution >= 4 is 87.2 Å². The molecule has 9 heteroatoms. The highest BCUT2D eigenvalue weighted by molar-refractivity contribution is 6.15. The van der Waals surface area contributed by atoms with E-state index in [0.717, 1.165) is 128 Å². The zero-order valence-electron chi connectivity index (χ0n) is 53.9. The van der Waals surface area contributed by atoms with Gasteiger partial charge in [-0.15, -0.1) is 0 Å². The third-order valence-corrected chi connectivity index (χ3v) is 19.9. The predicted molar refractivity (Wildman–Crippen MR) is 411 cm³/mol. The van der Waals surface area contributed by atoms with E-state index >= 15 is 0 Å². The Morgan fingerprint density at radius 2 is 0.420 bits per heavy atom. The van der Waals surface area contributed by atoms with Gasteiger partial charge in [-0.2, -0.15) is 9.97 Å². The Bertz CT molecular complexity index is 6550. The highest BCUT2D eigenvalue weighted by atomic mass is 15.2. The summed E-state index contributed by atoms with van der Waals surface area (Å²) >= 11 is 0. The van der Waals surface area contributed by atoms with Crippen LogP contribution in [0.3, 0.4) is 0 Å². The van der Waals surface area contributed by atoms with Crippen LogP contribution in [0.25, 0.3) is 189 Å². The van der Waals surface area contributed by atoms with Gasteiger partial charge in [-0.1, -0.05) is 237 Å². The van der Waals surface area contributed by atoms with Crippen LogP contribution in [0.5, 0.6) is 0 Å². The van der Waals surface area contributed by atoms with Crippen molar-refractivity contribution in [3.63, 3.8) is 0 Å². The molecule has 20 aromatic rings. The molecule has 0 aliphatic carbocycles. The lowest BCUT2D eigenvalue weighted by Crippen LogP contribution is -2.06. The zero-order valence-corrected chi connectivity index (χ0v) is 53.9. The van der Waals surface area contributed by atoms with Crippen LogP contribution in [0.1, 0.15) is 0 Å². The highest BCUT2D eigenvalue weighted by Gasteiger charge is 2.23. The quantitative estimate of drug-likeness (QED) is 0.129. The highest BCUT2D eigenvalue weighted by Crippen LogP contribution is 2.43. The normalized spacial score (nSPS) is 11.8. The molecule has 0 saturated heterocycles. The van der Waals surface area contributed by atoms with Crippen LogP contribution in [-0.4, -0.2) is 43.2 Å². The van der Waals surface area contributed by atoms with Gasteiger partial charge in [-0.3, -0.25) is 9.13 Å². The molecule has 0 saturated carbocycles. The summed E-state index contributed by atoms with van der Waals surface area (Å²) < 4.78 is 9.17. The molecule has 0 unspecified atom stereocenters. The first-order valence-corrected chi connectivity index (χ1v) is 33.8. The average molecular weight is 1280 g/mol. The van der Waals surface area contributed by atoms with E-state index in [9.17, 15) is 0 Å². The summed E-state index contributed by atoms with van der Waals surface area (Å²) in [7, 11) is 0. The van der Waals surface area contributed by atoms with Crippen molar-refractivity contribution in [1.29, 1.82) is 0 Å². The third-order valence-electron chi connectivity index (χ3n) is 19.9. The van der Waals surface area contributed by atoms with Crippen molar-refractivity contribution in [2.45, 2.75) is 0 Å². The summed E-state index contributed by atoms with van der Waals surface area (Å²) in [6.07, 6.45) is 0. The van der Waals surface area contributed by atoms with E-state index in [0.29, 0.717) is 23.5 Å². The minimum absolute atomic E-state index is 0.537. The fourth-order valence-electron chi connectivity index (χ4n) is 15.2. The predicted octanol–water partition coefficient (Wildman–Crippen LogP) is 22.7. The Labute approximate surface area is 574 Å². The summed E-state index contributed by atoms with van der Waals surface area (Å²) in [4.78, 5) is 26.6. The molecule has 0 radical (unpaired) electrons. The second-order valence-electron chi connectivity index (χ2n) is 25.6. The fraction of sp³-hybridized carbons (Fsp3) is 0. The molecule has 0 atom stereocenters. The van der Waals surface area contributed by atoms with Gasteiger partial charge in [0.05, 0.1) is 55.5 Å². The second kappa shape index (κ2) is 23.0. The van der Waals surface area contributed by atoms with Gasteiger partial charge in [-0.05, 0) is 143 Å². The van der Waals surface area contributed by atoms with Gasteiger partial charge in [0.2, 0.25) is 11.9 Å². The third kappa shape index (κ3) is 9.35. The molecule has 0 fully saturated rings. The van der Waals surface area contributed by atoms with Gasteiger partial charge < -0.3 is 9.13 Å². The average Bonchev–Trinajstić information content (AvgIpc) is 1.59. The van der Waals surface area contributed by atoms with Crippen LogP contribution in [0.4, 0.5) is 0 Å². The summed E-state index contributed by atoms with van der Waals surface area (Å²) in [5.41, 5.74) is 23.1. The Balaban J connectivity index is 0.712. The molecule has 0 N–H and O–H groups in total. The molecular formula is C91H57N9. The number of hydrogen-bond donors (Lipinski definition) is 0. The molecule has 466 valence electrons. The number of nitrogens with zero attached hydrogens (tertiary/aromatic N) is 9. The minimum atomic E-state index is 0.537. The SMILES string of the molecule is c1ccc(-c2cc(-c3ccc(-c4ccc5c(c4)c4cc(-c6ccc7c(c6)c6ccccc6n7-c6ccccc6)ccc4n5-c4nc(-c5ccccc5)nc(-c5ccccc5)n4)cc3)nc(-n3c4ccccc4c4cc(-c5ccc6c(c5)c5ccccc5n6-c5ccccc5)ccc43)n2)cc1. The monoisotopic (exact) mass is 1280 g/mol. The van der Waals surface area contributed by atoms with E-state index in [-0.39, 0.29) is 0 Å². The van der Waals surface area contributed by atoms with Crippen LogP contribution >= 0.6 is 0 Å². The maximum atomic E-state index is 5.51.